The molecule has 0 N–H and O–H groups in total. The fourth-order valence-corrected chi connectivity index (χ4v) is 2.96. The van der Waals surface area contributed by atoms with Gasteiger partial charge in [-0.3, -0.25) is 4.99 Å². The summed E-state index contributed by atoms with van der Waals surface area (Å²) in [5, 5.41) is 0. The third kappa shape index (κ3) is 4.61. The van der Waals surface area contributed by atoms with E-state index in [4.69, 9.17) is 0 Å². The van der Waals surface area contributed by atoms with Crippen LogP contribution >= 0.6 is 23.5 Å². The standard InChI is InChI=1S/C14H11NS2/c1-3-7-13(8-4-1)9-5-2-6-11-16-14-15-10-12-17-14/h1,3-4,7-8H,10-12H2. The van der Waals surface area contributed by atoms with Crippen molar-refractivity contribution >= 4 is 27.9 Å². The lowest BCUT2D eigenvalue weighted by molar-refractivity contribution is 1.18. The molecule has 17 heavy (non-hydrogen) atoms. The van der Waals surface area contributed by atoms with Crippen LogP contribution in [-0.4, -0.2) is 22.4 Å². The molecule has 0 atom stereocenters. The van der Waals surface area contributed by atoms with Crippen LogP contribution in [0.4, 0.5) is 0 Å². The van der Waals surface area contributed by atoms with Crippen molar-refractivity contribution in [1.82, 2.24) is 0 Å². The number of rotatable bonds is 1. The van der Waals surface area contributed by atoms with Gasteiger partial charge in [0.2, 0.25) is 0 Å². The average Bonchev–Trinajstić information content (AvgIpc) is 2.88. The summed E-state index contributed by atoms with van der Waals surface area (Å²) in [6.45, 7) is 0.953. The number of nitrogens with zero attached hydrogens (tertiary/aromatic N) is 1. The third-order valence-electron chi connectivity index (χ3n) is 1.96. The van der Waals surface area contributed by atoms with Gasteiger partial charge in [0.05, 0.1) is 12.3 Å². The van der Waals surface area contributed by atoms with Gasteiger partial charge in [-0.05, 0) is 24.0 Å². The highest BCUT2D eigenvalue weighted by molar-refractivity contribution is 8.39. The van der Waals surface area contributed by atoms with Gasteiger partial charge in [0.15, 0.2) is 0 Å². The molecule has 1 aromatic carbocycles. The van der Waals surface area contributed by atoms with Gasteiger partial charge in [-0.25, -0.2) is 0 Å². The minimum atomic E-state index is 0.773. The van der Waals surface area contributed by atoms with Crippen molar-refractivity contribution in [3.63, 3.8) is 0 Å². The molecule has 0 aromatic heterocycles. The number of thioether (sulfide) groups is 2. The van der Waals surface area contributed by atoms with E-state index in [0.29, 0.717) is 0 Å². The second kappa shape index (κ2) is 7.12. The predicted molar refractivity (Wildman–Crippen MR) is 78.3 cm³/mol. The van der Waals surface area contributed by atoms with Crippen LogP contribution in [-0.2, 0) is 0 Å². The van der Waals surface area contributed by atoms with Crippen molar-refractivity contribution in [3.05, 3.63) is 35.9 Å². The molecule has 2 rings (SSSR count). The summed E-state index contributed by atoms with van der Waals surface area (Å²) in [5.41, 5.74) is 1.00. The lowest BCUT2D eigenvalue weighted by Gasteiger charge is -1.90. The van der Waals surface area contributed by atoms with Gasteiger partial charge in [-0.2, -0.15) is 0 Å². The average molecular weight is 257 g/mol. The van der Waals surface area contributed by atoms with Gasteiger partial charge in [-0.15, -0.1) is 0 Å². The Morgan fingerprint density at radius 3 is 2.88 bits per heavy atom. The maximum Gasteiger partial charge on any atom is 0.125 e. The van der Waals surface area contributed by atoms with Crippen LogP contribution in [0.5, 0.6) is 0 Å². The Morgan fingerprint density at radius 2 is 2.12 bits per heavy atom. The molecule has 84 valence electrons. The molecule has 0 aliphatic carbocycles. The van der Waals surface area contributed by atoms with Gasteiger partial charge in [-0.1, -0.05) is 53.6 Å². The van der Waals surface area contributed by atoms with Gasteiger partial charge in [0.25, 0.3) is 0 Å². The van der Waals surface area contributed by atoms with Crippen LogP contribution in [0.15, 0.2) is 35.3 Å². The van der Waals surface area contributed by atoms with Crippen LogP contribution in [0.3, 0.4) is 0 Å². The van der Waals surface area contributed by atoms with Crippen molar-refractivity contribution < 1.29 is 0 Å². The van der Waals surface area contributed by atoms with Crippen LogP contribution in [0.1, 0.15) is 5.56 Å². The summed E-state index contributed by atoms with van der Waals surface area (Å²) in [6, 6.07) is 9.89. The Kier molecular flexibility index (Phi) is 5.10. The molecule has 1 aromatic rings. The van der Waals surface area contributed by atoms with Gasteiger partial charge in [0, 0.05) is 11.3 Å². The van der Waals surface area contributed by atoms with E-state index >= 15 is 0 Å². The highest BCUT2D eigenvalue weighted by Crippen LogP contribution is 2.21. The number of benzene rings is 1. The zero-order valence-corrected chi connectivity index (χ0v) is 10.9. The maximum absolute atomic E-state index is 4.34. The number of hydrogen-bond donors (Lipinski definition) is 0. The molecular weight excluding hydrogens is 246 g/mol. The maximum atomic E-state index is 4.34. The van der Waals surface area contributed by atoms with Crippen molar-refractivity contribution in [2.75, 3.05) is 18.1 Å². The Labute approximate surface area is 110 Å². The molecule has 0 saturated carbocycles. The number of aliphatic imine (C=N–C) groups is 1. The summed E-state index contributed by atoms with van der Waals surface area (Å²) in [4.78, 5) is 4.34. The first-order chi connectivity index (χ1) is 8.45. The second-order valence-corrected chi connectivity index (χ2v) is 5.51. The zero-order chi connectivity index (χ0) is 11.8. The van der Waals surface area contributed by atoms with Crippen molar-refractivity contribution in [2.45, 2.75) is 0 Å². The van der Waals surface area contributed by atoms with E-state index in [-0.39, 0.29) is 0 Å². The van der Waals surface area contributed by atoms with E-state index in [1.807, 2.05) is 42.1 Å². The topological polar surface area (TPSA) is 12.4 Å². The molecule has 0 fully saturated rings. The highest BCUT2D eigenvalue weighted by Gasteiger charge is 2.05. The minimum absolute atomic E-state index is 0.773. The molecule has 1 nitrogen and oxygen atoms in total. The first-order valence-corrected chi connectivity index (χ1v) is 7.26. The summed E-state index contributed by atoms with van der Waals surface area (Å²) in [5.74, 6) is 13.6. The van der Waals surface area contributed by atoms with Crippen molar-refractivity contribution in [2.24, 2.45) is 4.99 Å². The lowest BCUT2D eigenvalue weighted by Crippen LogP contribution is -1.80. The van der Waals surface area contributed by atoms with Crippen LogP contribution in [0.25, 0.3) is 0 Å². The Balaban J connectivity index is 1.77. The van der Waals surface area contributed by atoms with E-state index in [9.17, 15) is 0 Å². The van der Waals surface area contributed by atoms with E-state index < -0.39 is 0 Å². The minimum Gasteiger partial charge on any atom is -0.271 e. The first kappa shape index (κ1) is 12.2. The van der Waals surface area contributed by atoms with E-state index in [1.165, 1.54) is 0 Å². The van der Waals surface area contributed by atoms with Crippen molar-refractivity contribution in [3.8, 4) is 23.7 Å². The Hall–Kier alpha value is -1.29. The molecule has 3 heteroatoms. The van der Waals surface area contributed by atoms with Gasteiger partial charge in [0.1, 0.15) is 4.38 Å². The van der Waals surface area contributed by atoms with Crippen LogP contribution < -0.4 is 0 Å². The molecule has 0 saturated heterocycles. The van der Waals surface area contributed by atoms with E-state index in [1.54, 1.807) is 11.8 Å². The Bertz CT molecular complexity index is 512. The smallest absolute Gasteiger partial charge is 0.125 e. The molecule has 1 aliphatic rings. The predicted octanol–water partition coefficient (Wildman–Crippen LogP) is 2.88. The second-order valence-electron chi connectivity index (χ2n) is 3.20. The molecule has 0 amide bonds. The van der Waals surface area contributed by atoms with Crippen LogP contribution in [0, 0.1) is 23.7 Å². The fourth-order valence-electron chi connectivity index (χ4n) is 1.21. The monoisotopic (exact) mass is 257 g/mol. The summed E-state index contributed by atoms with van der Waals surface area (Å²) in [6.07, 6.45) is 0. The molecule has 0 spiro atoms. The molecule has 0 bridgehead atoms. The van der Waals surface area contributed by atoms with E-state index in [0.717, 1.165) is 28.0 Å². The molecular formula is C14H11NS2. The molecule has 0 unspecified atom stereocenters. The van der Waals surface area contributed by atoms with Crippen LogP contribution in [0.2, 0.25) is 0 Å². The third-order valence-corrected chi connectivity index (χ3v) is 4.09. The fraction of sp³-hybridized carbons (Fsp3) is 0.214. The lowest BCUT2D eigenvalue weighted by atomic mass is 10.2. The first-order valence-electron chi connectivity index (χ1n) is 5.29. The molecule has 0 radical (unpaired) electrons. The number of hydrogen-bond acceptors (Lipinski definition) is 3. The SMILES string of the molecule is C(C#Cc1ccccc1)#CCSC1=NCCS1. The quantitative estimate of drug-likeness (QED) is 0.717. The van der Waals surface area contributed by atoms with E-state index in [2.05, 4.69) is 28.7 Å². The largest absolute Gasteiger partial charge is 0.271 e. The normalized spacial score (nSPS) is 13.1. The Morgan fingerprint density at radius 1 is 1.24 bits per heavy atom. The summed E-state index contributed by atoms with van der Waals surface area (Å²) in [7, 11) is 0. The molecule has 1 aliphatic heterocycles. The van der Waals surface area contributed by atoms with Gasteiger partial charge < -0.3 is 0 Å². The van der Waals surface area contributed by atoms with Crippen molar-refractivity contribution in [1.29, 1.82) is 0 Å². The summed E-state index contributed by atoms with van der Waals surface area (Å²) >= 11 is 3.51. The highest BCUT2D eigenvalue weighted by atomic mass is 32.2. The molecule has 1 heterocycles. The summed E-state index contributed by atoms with van der Waals surface area (Å²) < 4.78 is 1.16. The van der Waals surface area contributed by atoms with Gasteiger partial charge >= 0.3 is 0 Å². The zero-order valence-electron chi connectivity index (χ0n) is 9.27.